The predicted octanol–water partition coefficient (Wildman–Crippen LogP) is 0.666. The van der Waals surface area contributed by atoms with Crippen LogP contribution in [0.5, 0.6) is 0 Å². The van der Waals surface area contributed by atoms with Gasteiger partial charge in [-0.2, -0.15) is 10.5 Å². The maximum Gasteiger partial charge on any atom is 0.349 e. The van der Waals surface area contributed by atoms with Crippen molar-refractivity contribution in [3.05, 3.63) is 11.6 Å². The van der Waals surface area contributed by atoms with E-state index >= 15 is 0 Å². The van der Waals surface area contributed by atoms with Gasteiger partial charge in [-0.05, 0) is 19.3 Å². The number of nitriles is 2. The van der Waals surface area contributed by atoms with Crippen molar-refractivity contribution in [2.45, 2.75) is 19.3 Å². The number of hydrogen-bond donors (Lipinski definition) is 1. The monoisotopic (exact) mass is 208 g/mol. The molecule has 0 heterocycles. The molecule has 0 spiro atoms. The predicted molar refractivity (Wildman–Crippen MR) is 51.2 cm³/mol. The van der Waals surface area contributed by atoms with Crippen LogP contribution >= 0.6 is 0 Å². The van der Waals surface area contributed by atoms with E-state index in [1.807, 2.05) is 0 Å². The second-order valence-electron chi connectivity index (χ2n) is 2.72. The van der Waals surface area contributed by atoms with Crippen LogP contribution in [-0.4, -0.2) is 24.3 Å². The van der Waals surface area contributed by atoms with Gasteiger partial charge in [-0.15, -0.1) is 0 Å². The molecule has 0 unspecified atom stereocenters. The van der Waals surface area contributed by atoms with Gasteiger partial charge in [-0.25, -0.2) is 4.79 Å². The normalized spacial score (nSPS) is 10.2. The molecule has 0 aromatic carbocycles. The molecule has 0 saturated heterocycles. The van der Waals surface area contributed by atoms with Crippen molar-refractivity contribution in [1.29, 1.82) is 10.5 Å². The molecule has 0 atom stereocenters. The molecule has 0 aliphatic carbocycles. The summed E-state index contributed by atoms with van der Waals surface area (Å²) in [6, 6.07) is 3.17. The molecular weight excluding hydrogens is 196 g/mol. The van der Waals surface area contributed by atoms with Crippen molar-refractivity contribution in [3.63, 3.8) is 0 Å². The smallest absolute Gasteiger partial charge is 0.349 e. The molecule has 0 aliphatic rings. The lowest BCUT2D eigenvalue weighted by Gasteiger charge is -2.02. The number of rotatable bonds is 6. The van der Waals surface area contributed by atoms with Gasteiger partial charge in [0.15, 0.2) is 0 Å². The summed E-state index contributed by atoms with van der Waals surface area (Å²) in [7, 11) is 0. The Bertz CT molecular complexity index is 310. The third-order valence-electron chi connectivity index (χ3n) is 1.58. The SMILES string of the molecule is N#CC=C(C#N)C(=O)OCCCCCO. The van der Waals surface area contributed by atoms with Gasteiger partial charge in [0.2, 0.25) is 0 Å². The lowest BCUT2D eigenvalue weighted by atomic mass is 10.2. The number of unbranched alkanes of at least 4 members (excludes halogenated alkanes) is 2. The summed E-state index contributed by atoms with van der Waals surface area (Å²) in [5, 5.41) is 25.2. The zero-order valence-corrected chi connectivity index (χ0v) is 8.27. The van der Waals surface area contributed by atoms with Gasteiger partial charge in [-0.1, -0.05) is 0 Å². The maximum atomic E-state index is 11.1. The summed E-state index contributed by atoms with van der Waals surface area (Å²) >= 11 is 0. The molecule has 0 fully saturated rings. The van der Waals surface area contributed by atoms with Crippen LogP contribution in [0.4, 0.5) is 0 Å². The van der Waals surface area contributed by atoms with E-state index in [1.165, 1.54) is 0 Å². The van der Waals surface area contributed by atoms with Crippen LogP contribution in [0, 0.1) is 22.7 Å². The van der Waals surface area contributed by atoms with Crippen LogP contribution < -0.4 is 0 Å². The van der Waals surface area contributed by atoms with Gasteiger partial charge in [0, 0.05) is 12.7 Å². The van der Waals surface area contributed by atoms with Gasteiger partial charge >= 0.3 is 5.97 Å². The summed E-state index contributed by atoms with van der Waals surface area (Å²) in [6.07, 6.45) is 2.91. The van der Waals surface area contributed by atoms with Crippen LogP contribution in [-0.2, 0) is 9.53 Å². The molecular formula is C10H12N2O3. The van der Waals surface area contributed by atoms with E-state index in [1.54, 1.807) is 12.1 Å². The molecule has 15 heavy (non-hydrogen) atoms. The number of aliphatic hydroxyl groups excluding tert-OH is 1. The van der Waals surface area contributed by atoms with Gasteiger partial charge in [0.1, 0.15) is 11.6 Å². The number of esters is 1. The van der Waals surface area contributed by atoms with Crippen molar-refractivity contribution in [1.82, 2.24) is 0 Å². The minimum atomic E-state index is -0.775. The molecule has 0 aromatic heterocycles. The highest BCUT2D eigenvalue weighted by molar-refractivity contribution is 5.93. The quantitative estimate of drug-likeness (QED) is 0.299. The fourth-order valence-corrected chi connectivity index (χ4v) is 0.835. The Labute approximate surface area is 88.2 Å². The Balaban J connectivity index is 3.80. The first-order chi connectivity index (χ1) is 7.26. The summed E-state index contributed by atoms with van der Waals surface area (Å²) < 4.78 is 4.73. The largest absolute Gasteiger partial charge is 0.462 e. The third-order valence-corrected chi connectivity index (χ3v) is 1.58. The first-order valence-electron chi connectivity index (χ1n) is 4.54. The molecule has 0 aromatic rings. The fraction of sp³-hybridized carbons (Fsp3) is 0.500. The van der Waals surface area contributed by atoms with E-state index in [0.717, 1.165) is 12.5 Å². The Morgan fingerprint density at radius 1 is 1.33 bits per heavy atom. The first kappa shape index (κ1) is 13.2. The number of carbonyl (C=O) groups excluding carboxylic acids is 1. The molecule has 0 rings (SSSR count). The van der Waals surface area contributed by atoms with Crippen LogP contribution in [0.1, 0.15) is 19.3 Å². The zero-order valence-electron chi connectivity index (χ0n) is 8.27. The van der Waals surface area contributed by atoms with Gasteiger partial charge in [0.25, 0.3) is 0 Å². The summed E-state index contributed by atoms with van der Waals surface area (Å²) in [5.74, 6) is -0.775. The van der Waals surface area contributed by atoms with E-state index < -0.39 is 5.97 Å². The second-order valence-corrected chi connectivity index (χ2v) is 2.72. The Morgan fingerprint density at radius 2 is 2.07 bits per heavy atom. The maximum absolute atomic E-state index is 11.1. The Kier molecular flexibility index (Phi) is 7.66. The van der Waals surface area contributed by atoms with Crippen molar-refractivity contribution in [2.24, 2.45) is 0 Å². The average Bonchev–Trinajstić information content (AvgIpc) is 2.25. The molecule has 5 nitrogen and oxygen atoms in total. The summed E-state index contributed by atoms with van der Waals surface area (Å²) in [4.78, 5) is 11.1. The van der Waals surface area contributed by atoms with Crippen LogP contribution in [0.25, 0.3) is 0 Å². The van der Waals surface area contributed by atoms with E-state index in [-0.39, 0.29) is 18.8 Å². The van der Waals surface area contributed by atoms with Crippen LogP contribution in [0.3, 0.4) is 0 Å². The summed E-state index contributed by atoms with van der Waals surface area (Å²) in [6.45, 7) is 0.314. The minimum Gasteiger partial charge on any atom is -0.462 e. The van der Waals surface area contributed by atoms with Crippen LogP contribution in [0.2, 0.25) is 0 Å². The number of allylic oxidation sites excluding steroid dienone is 1. The van der Waals surface area contributed by atoms with E-state index in [2.05, 4.69) is 0 Å². The number of carbonyl (C=O) groups is 1. The number of ether oxygens (including phenoxy) is 1. The topological polar surface area (TPSA) is 94.1 Å². The fourth-order valence-electron chi connectivity index (χ4n) is 0.835. The lowest BCUT2D eigenvalue weighted by molar-refractivity contribution is -0.138. The number of hydrogen-bond acceptors (Lipinski definition) is 5. The lowest BCUT2D eigenvalue weighted by Crippen LogP contribution is -2.08. The highest BCUT2D eigenvalue weighted by Crippen LogP contribution is 1.99. The minimum absolute atomic E-state index is 0.117. The van der Waals surface area contributed by atoms with Gasteiger partial charge in [-0.3, -0.25) is 0 Å². The van der Waals surface area contributed by atoms with Crippen molar-refractivity contribution in [3.8, 4) is 12.1 Å². The van der Waals surface area contributed by atoms with Gasteiger partial charge in [0.05, 0.1) is 12.7 Å². The van der Waals surface area contributed by atoms with E-state index in [9.17, 15) is 4.79 Å². The van der Waals surface area contributed by atoms with Crippen molar-refractivity contribution >= 4 is 5.97 Å². The molecule has 0 saturated carbocycles. The average molecular weight is 208 g/mol. The Morgan fingerprint density at radius 3 is 2.60 bits per heavy atom. The first-order valence-corrected chi connectivity index (χ1v) is 4.54. The standard InChI is InChI=1S/C10H12N2O3/c11-5-4-9(8-12)10(14)15-7-3-1-2-6-13/h4,13H,1-3,6-7H2. The second kappa shape index (κ2) is 8.74. The molecule has 80 valence electrons. The molecule has 0 bridgehead atoms. The van der Waals surface area contributed by atoms with Crippen molar-refractivity contribution < 1.29 is 14.6 Å². The summed E-state index contributed by atoms with van der Waals surface area (Å²) in [5.41, 5.74) is -0.292. The molecule has 1 N–H and O–H groups in total. The van der Waals surface area contributed by atoms with Crippen LogP contribution in [0.15, 0.2) is 11.6 Å². The molecule has 0 aliphatic heterocycles. The highest BCUT2D eigenvalue weighted by atomic mass is 16.5. The number of aliphatic hydroxyl groups is 1. The molecule has 0 radical (unpaired) electrons. The molecule has 5 heteroatoms. The van der Waals surface area contributed by atoms with E-state index in [4.69, 9.17) is 20.4 Å². The Hall–Kier alpha value is -1.85. The zero-order chi connectivity index (χ0) is 11.5. The highest BCUT2D eigenvalue weighted by Gasteiger charge is 2.09. The van der Waals surface area contributed by atoms with E-state index in [0.29, 0.717) is 12.8 Å². The molecule has 0 amide bonds. The van der Waals surface area contributed by atoms with Crippen molar-refractivity contribution in [2.75, 3.05) is 13.2 Å². The van der Waals surface area contributed by atoms with Gasteiger partial charge < -0.3 is 9.84 Å². The third kappa shape index (κ3) is 6.25. The number of nitrogens with zero attached hydrogens (tertiary/aromatic N) is 2.